The topological polar surface area (TPSA) is 200 Å². The molecular formula is C18H27ClFN5O8P2. The molecule has 1 fully saturated rings. The molecule has 1 aliphatic carbocycles. The molecule has 0 saturated heterocycles. The molecule has 4 atom stereocenters. The smallest absolute Gasteiger partial charge is 0.340 e. The van der Waals surface area contributed by atoms with E-state index in [9.17, 15) is 24.2 Å². The molecule has 2 heterocycles. The summed E-state index contributed by atoms with van der Waals surface area (Å²) in [6.45, 7) is 1.48. The first-order valence-electron chi connectivity index (χ1n) is 10.6. The van der Waals surface area contributed by atoms with Crippen LogP contribution in [0.25, 0.3) is 11.2 Å². The van der Waals surface area contributed by atoms with Gasteiger partial charge in [0, 0.05) is 6.54 Å². The lowest BCUT2D eigenvalue weighted by Crippen LogP contribution is -2.34. The van der Waals surface area contributed by atoms with Crippen LogP contribution >= 0.6 is 26.8 Å². The van der Waals surface area contributed by atoms with Gasteiger partial charge in [-0.3, -0.25) is 13.7 Å². The Morgan fingerprint density at radius 3 is 2.63 bits per heavy atom. The van der Waals surface area contributed by atoms with Crippen LogP contribution in [0.2, 0.25) is 5.28 Å². The normalized spacial score (nSPS) is 19.4. The van der Waals surface area contributed by atoms with Crippen LogP contribution in [-0.4, -0.2) is 75.7 Å². The van der Waals surface area contributed by atoms with Gasteiger partial charge in [-0.2, -0.15) is 9.97 Å². The highest BCUT2D eigenvalue weighted by atomic mass is 35.5. The largest absolute Gasteiger partial charge is 0.385 e. The molecule has 0 amide bonds. The van der Waals surface area contributed by atoms with Gasteiger partial charge in [0.15, 0.2) is 35.3 Å². The zero-order valence-corrected chi connectivity index (χ0v) is 21.2. The van der Waals surface area contributed by atoms with Crippen molar-refractivity contribution in [2.75, 3.05) is 24.4 Å². The highest BCUT2D eigenvalue weighted by molar-refractivity contribution is 7.70. The van der Waals surface area contributed by atoms with Crippen LogP contribution in [0.15, 0.2) is 18.0 Å². The van der Waals surface area contributed by atoms with E-state index in [-0.39, 0.29) is 28.4 Å². The summed E-state index contributed by atoms with van der Waals surface area (Å²) in [7, 11) is -9.61. The van der Waals surface area contributed by atoms with Crippen LogP contribution in [-0.2, 0) is 13.7 Å². The van der Waals surface area contributed by atoms with Crippen molar-refractivity contribution >= 4 is 43.8 Å². The van der Waals surface area contributed by atoms with E-state index in [4.69, 9.17) is 25.9 Å². The number of allylic oxidation sites excluding steroid dienone is 1. The van der Waals surface area contributed by atoms with Crippen molar-refractivity contribution in [1.29, 1.82) is 0 Å². The fourth-order valence-electron chi connectivity index (χ4n) is 3.27. The second kappa shape index (κ2) is 11.3. The summed E-state index contributed by atoms with van der Waals surface area (Å²) in [4.78, 5) is 39.7. The Morgan fingerprint density at radius 2 is 2.03 bits per heavy atom. The summed E-state index contributed by atoms with van der Waals surface area (Å²) in [6, 6.07) is 0. The lowest BCUT2D eigenvalue weighted by Gasteiger charge is -2.25. The second-order valence-corrected chi connectivity index (χ2v) is 12.5. The van der Waals surface area contributed by atoms with E-state index in [1.165, 1.54) is 6.08 Å². The first kappa shape index (κ1) is 28.1. The van der Waals surface area contributed by atoms with Crippen LogP contribution in [0.4, 0.5) is 10.2 Å². The molecule has 13 nitrogen and oxygen atoms in total. The fourth-order valence-corrected chi connectivity index (χ4v) is 5.97. The van der Waals surface area contributed by atoms with Gasteiger partial charge >= 0.3 is 15.2 Å². The summed E-state index contributed by atoms with van der Waals surface area (Å²) in [6.07, 6.45) is -1.49. The molecule has 1 unspecified atom stereocenters. The lowest BCUT2D eigenvalue weighted by atomic mass is 10.0. The minimum atomic E-state index is -4.87. The van der Waals surface area contributed by atoms with E-state index >= 15 is 4.39 Å². The number of nitrogens with one attached hydrogen (secondary N) is 1. The molecular weight excluding hydrogens is 531 g/mol. The van der Waals surface area contributed by atoms with Crippen LogP contribution in [0.5, 0.6) is 0 Å². The van der Waals surface area contributed by atoms with Crippen molar-refractivity contribution in [3.63, 3.8) is 0 Å². The van der Waals surface area contributed by atoms with Crippen LogP contribution in [0.3, 0.4) is 0 Å². The molecule has 1 aliphatic rings. The van der Waals surface area contributed by atoms with Gasteiger partial charge in [-0.05, 0) is 42.4 Å². The van der Waals surface area contributed by atoms with Crippen molar-refractivity contribution < 1.29 is 42.9 Å². The van der Waals surface area contributed by atoms with Gasteiger partial charge in [-0.15, -0.1) is 0 Å². The first-order valence-corrected chi connectivity index (χ1v) is 14.6. The van der Waals surface area contributed by atoms with E-state index in [1.54, 1.807) is 6.92 Å². The monoisotopic (exact) mass is 557 g/mol. The van der Waals surface area contributed by atoms with E-state index in [0.717, 1.165) is 23.7 Å². The molecule has 2 aromatic rings. The first-order chi connectivity index (χ1) is 16.3. The standard InChI is InChI=1S/C18H27ClFN5O8P2/c1-2-3-11(7-33-35(31,32)9-34(28,29)30)14(26)12(20)17(27)25-8-22-13-15(21-6-10-4-5-10)23-18(19)24-16(13)25/h3,8,10,12,14,17,26-27H,2,4-7,9H2,1H3,(H,31,32)(H,21,23,24)(H2,28,29,30)/b11-3-/t12-,14+,17+/m0/s1. The Bertz CT molecular complexity index is 1170. The average Bonchev–Trinajstić information content (AvgIpc) is 3.49. The summed E-state index contributed by atoms with van der Waals surface area (Å²) >= 11 is 5.99. The van der Waals surface area contributed by atoms with E-state index in [1.807, 2.05) is 0 Å². The lowest BCUT2D eigenvalue weighted by molar-refractivity contribution is -0.0352. The Labute approximate surface area is 204 Å². The number of imidazole rings is 1. The van der Waals surface area contributed by atoms with Crippen molar-refractivity contribution in [1.82, 2.24) is 19.5 Å². The zero-order chi connectivity index (χ0) is 26.0. The molecule has 35 heavy (non-hydrogen) atoms. The van der Waals surface area contributed by atoms with E-state index in [0.29, 0.717) is 18.3 Å². The summed E-state index contributed by atoms with van der Waals surface area (Å²) in [5.41, 5.74) is 0.0504. The molecule has 0 radical (unpaired) electrons. The SMILES string of the molecule is CC/C=C(/COP(=O)(O)CP(=O)(O)O)[C@@H](O)[C@H](F)[C@@H](O)n1cnc2c(NCC3CC3)nc(Cl)nc21. The number of rotatable bonds is 13. The minimum Gasteiger partial charge on any atom is -0.385 e. The maximum absolute atomic E-state index is 15.2. The molecule has 0 spiro atoms. The maximum Gasteiger partial charge on any atom is 0.340 e. The number of nitrogens with zero attached hydrogens (tertiary/aromatic N) is 4. The number of alkyl halides is 1. The Hall–Kier alpha value is -1.47. The summed E-state index contributed by atoms with van der Waals surface area (Å²) in [5, 5.41) is 24.1. The molecule has 1 saturated carbocycles. The number of fused-ring (bicyclic) bond motifs is 1. The molecule has 17 heteroatoms. The number of halogens is 2. The molecule has 3 rings (SSSR count). The minimum absolute atomic E-state index is 0.0180. The van der Waals surface area contributed by atoms with Gasteiger partial charge in [-0.25, -0.2) is 9.37 Å². The third kappa shape index (κ3) is 7.75. The van der Waals surface area contributed by atoms with Gasteiger partial charge in [0.2, 0.25) is 5.28 Å². The molecule has 6 N–H and O–H groups in total. The van der Waals surface area contributed by atoms with Gasteiger partial charge in [0.05, 0.1) is 12.9 Å². The summed E-state index contributed by atoms with van der Waals surface area (Å²) < 4.78 is 43.8. The molecule has 0 aromatic carbocycles. The zero-order valence-electron chi connectivity index (χ0n) is 18.6. The van der Waals surface area contributed by atoms with E-state index in [2.05, 4.69) is 20.3 Å². The van der Waals surface area contributed by atoms with Gasteiger partial charge in [0.1, 0.15) is 6.10 Å². The summed E-state index contributed by atoms with van der Waals surface area (Å²) in [5.74, 6) is -0.605. The Kier molecular flexibility index (Phi) is 9.06. The van der Waals surface area contributed by atoms with Gasteiger partial charge < -0.3 is 34.7 Å². The molecule has 2 aromatic heterocycles. The Morgan fingerprint density at radius 1 is 1.34 bits per heavy atom. The molecule has 0 aliphatic heterocycles. The van der Waals surface area contributed by atoms with Crippen molar-refractivity contribution in [2.45, 2.75) is 44.7 Å². The Balaban J connectivity index is 1.77. The van der Waals surface area contributed by atoms with Crippen LogP contribution in [0.1, 0.15) is 32.4 Å². The number of aromatic nitrogens is 4. The predicted molar refractivity (Wildman–Crippen MR) is 125 cm³/mol. The number of hydrogen-bond acceptors (Lipinski definition) is 9. The van der Waals surface area contributed by atoms with Crippen molar-refractivity contribution in [2.24, 2.45) is 5.92 Å². The highest BCUT2D eigenvalue weighted by Gasteiger charge is 2.35. The van der Waals surface area contributed by atoms with Gasteiger partial charge in [-0.1, -0.05) is 13.0 Å². The van der Waals surface area contributed by atoms with Crippen LogP contribution in [0, 0.1) is 5.92 Å². The third-order valence-corrected chi connectivity index (χ3v) is 8.77. The molecule has 0 bridgehead atoms. The number of anilines is 1. The quantitative estimate of drug-likeness (QED) is 0.119. The van der Waals surface area contributed by atoms with Crippen LogP contribution < -0.4 is 5.32 Å². The number of aliphatic hydroxyl groups is 2. The van der Waals surface area contributed by atoms with Gasteiger partial charge in [0.25, 0.3) is 0 Å². The van der Waals surface area contributed by atoms with Crippen molar-refractivity contribution in [3.05, 3.63) is 23.3 Å². The number of hydrogen-bond donors (Lipinski definition) is 6. The second-order valence-electron chi connectivity index (χ2n) is 8.20. The van der Waals surface area contributed by atoms with Crippen molar-refractivity contribution in [3.8, 4) is 0 Å². The molecule has 196 valence electrons. The average molecular weight is 558 g/mol. The predicted octanol–water partition coefficient (Wildman–Crippen LogP) is 2.17. The number of aliphatic hydroxyl groups excluding tert-OH is 2. The highest BCUT2D eigenvalue weighted by Crippen LogP contribution is 2.55. The third-order valence-electron chi connectivity index (χ3n) is 5.16. The van der Waals surface area contributed by atoms with E-state index < -0.39 is 46.2 Å². The fraction of sp³-hybridized carbons (Fsp3) is 0.611. The maximum atomic E-state index is 15.2.